The molecule has 1 N–H and O–H groups in total. The fourth-order valence-corrected chi connectivity index (χ4v) is 2.97. The average Bonchev–Trinajstić information content (AvgIpc) is 3.07. The quantitative estimate of drug-likeness (QED) is 0.619. The Bertz CT molecular complexity index is 804. The highest BCUT2D eigenvalue weighted by Gasteiger charge is 2.26. The van der Waals surface area contributed by atoms with Crippen LogP contribution in [0.2, 0.25) is 5.02 Å². The molecule has 1 aromatic heterocycles. The van der Waals surface area contributed by atoms with Crippen LogP contribution in [-0.4, -0.2) is 58.0 Å². The van der Waals surface area contributed by atoms with E-state index in [-0.39, 0.29) is 12.5 Å². The Morgan fingerprint density at radius 3 is 2.74 bits per heavy atom. The Kier molecular flexibility index (Phi) is 6.28. The van der Waals surface area contributed by atoms with Gasteiger partial charge in [-0.1, -0.05) is 28.9 Å². The van der Waals surface area contributed by atoms with Crippen LogP contribution < -0.4 is 5.32 Å². The lowest BCUT2D eigenvalue weighted by molar-refractivity contribution is -0.135. The van der Waals surface area contributed by atoms with Crippen molar-refractivity contribution >= 4 is 23.5 Å². The Morgan fingerprint density at radius 1 is 1.33 bits per heavy atom. The van der Waals surface area contributed by atoms with Crippen LogP contribution in [0, 0.1) is 6.92 Å². The van der Waals surface area contributed by atoms with Crippen molar-refractivity contribution in [2.24, 2.45) is 4.99 Å². The topological polar surface area (TPSA) is 86.9 Å². The molecule has 0 bridgehead atoms. The number of rotatable bonds is 5. The van der Waals surface area contributed by atoms with Crippen LogP contribution in [-0.2, 0) is 17.9 Å². The van der Waals surface area contributed by atoms with E-state index in [1.807, 2.05) is 41.0 Å². The van der Waals surface area contributed by atoms with Crippen LogP contribution in [0.25, 0.3) is 0 Å². The van der Waals surface area contributed by atoms with Gasteiger partial charge in [0.2, 0.25) is 11.8 Å². The number of guanidine groups is 1. The summed E-state index contributed by atoms with van der Waals surface area (Å²) in [7, 11) is 0. The van der Waals surface area contributed by atoms with Crippen LogP contribution in [0.5, 0.6) is 0 Å². The lowest BCUT2D eigenvalue weighted by Crippen LogP contribution is -2.54. The number of halogens is 1. The predicted octanol–water partition coefficient (Wildman–Crippen LogP) is 1.84. The number of carbonyl (C=O) groups excluding carboxylic acids is 1. The third kappa shape index (κ3) is 5.19. The van der Waals surface area contributed by atoms with Crippen molar-refractivity contribution in [2.45, 2.75) is 26.9 Å². The van der Waals surface area contributed by atoms with E-state index in [1.165, 1.54) is 0 Å². The molecule has 1 aromatic carbocycles. The third-order valence-electron chi connectivity index (χ3n) is 4.18. The van der Waals surface area contributed by atoms with E-state index in [2.05, 4.69) is 20.4 Å². The average molecular weight is 391 g/mol. The highest BCUT2D eigenvalue weighted by atomic mass is 35.5. The van der Waals surface area contributed by atoms with Gasteiger partial charge in [0.1, 0.15) is 6.54 Å². The molecule has 2 aromatic rings. The van der Waals surface area contributed by atoms with Crippen molar-refractivity contribution in [3.63, 3.8) is 0 Å². The predicted molar refractivity (Wildman–Crippen MR) is 102 cm³/mol. The van der Waals surface area contributed by atoms with Gasteiger partial charge in [-0.3, -0.25) is 4.79 Å². The summed E-state index contributed by atoms with van der Waals surface area (Å²) in [4.78, 5) is 25.1. The van der Waals surface area contributed by atoms with Crippen LogP contribution in [0.15, 0.2) is 33.8 Å². The first-order valence-electron chi connectivity index (χ1n) is 8.90. The largest absolute Gasteiger partial charge is 0.356 e. The second-order valence-corrected chi connectivity index (χ2v) is 6.70. The molecule has 144 valence electrons. The standard InChI is InChI=1S/C18H23ClN6O2/c1-3-20-18(21-10-16-22-13(2)27-23-16)25-9-8-24(17(26)12-25)11-14-4-6-15(19)7-5-14/h4-7H,3,8-12H2,1-2H3,(H,20,21). The zero-order chi connectivity index (χ0) is 19.2. The first kappa shape index (κ1) is 19.2. The zero-order valence-corrected chi connectivity index (χ0v) is 16.2. The van der Waals surface area contributed by atoms with Crippen LogP contribution in [0.4, 0.5) is 0 Å². The molecule has 0 atom stereocenters. The van der Waals surface area contributed by atoms with Gasteiger partial charge in [-0.2, -0.15) is 4.98 Å². The minimum atomic E-state index is 0.0669. The molecule has 1 fully saturated rings. The monoisotopic (exact) mass is 390 g/mol. The molecule has 0 saturated carbocycles. The number of nitrogens with one attached hydrogen (secondary N) is 1. The molecular formula is C18H23ClN6O2. The van der Waals surface area contributed by atoms with Gasteiger partial charge in [-0.05, 0) is 24.6 Å². The van der Waals surface area contributed by atoms with E-state index in [4.69, 9.17) is 16.1 Å². The van der Waals surface area contributed by atoms with Gasteiger partial charge in [0.05, 0.1) is 6.54 Å². The number of benzene rings is 1. The molecule has 0 spiro atoms. The van der Waals surface area contributed by atoms with E-state index >= 15 is 0 Å². The number of nitrogens with zero attached hydrogens (tertiary/aromatic N) is 5. The Labute approximate surface area is 163 Å². The lowest BCUT2D eigenvalue weighted by Gasteiger charge is -2.36. The van der Waals surface area contributed by atoms with Crippen molar-refractivity contribution in [2.75, 3.05) is 26.2 Å². The van der Waals surface area contributed by atoms with Gasteiger partial charge in [-0.25, -0.2) is 4.99 Å². The second kappa shape index (κ2) is 8.85. The van der Waals surface area contributed by atoms with Crippen molar-refractivity contribution in [3.05, 3.63) is 46.6 Å². The highest BCUT2D eigenvalue weighted by Crippen LogP contribution is 2.14. The molecule has 1 aliphatic heterocycles. The van der Waals surface area contributed by atoms with Gasteiger partial charge in [0.25, 0.3) is 0 Å². The van der Waals surface area contributed by atoms with Gasteiger partial charge in [-0.15, -0.1) is 0 Å². The summed E-state index contributed by atoms with van der Waals surface area (Å²) in [5, 5.41) is 7.77. The van der Waals surface area contributed by atoms with E-state index in [0.717, 1.165) is 5.56 Å². The maximum Gasteiger partial charge on any atom is 0.242 e. The number of aryl methyl sites for hydroxylation is 1. The van der Waals surface area contributed by atoms with E-state index in [0.29, 0.717) is 55.4 Å². The molecule has 0 unspecified atom stereocenters. The molecule has 3 rings (SSSR count). The number of aromatic nitrogens is 2. The maximum absolute atomic E-state index is 12.6. The first-order valence-corrected chi connectivity index (χ1v) is 9.27. The van der Waals surface area contributed by atoms with Crippen molar-refractivity contribution in [1.29, 1.82) is 0 Å². The summed E-state index contributed by atoms with van der Waals surface area (Å²) in [6.07, 6.45) is 0. The van der Waals surface area contributed by atoms with Crippen molar-refractivity contribution in [1.82, 2.24) is 25.3 Å². The Morgan fingerprint density at radius 2 is 2.11 bits per heavy atom. The summed E-state index contributed by atoms with van der Waals surface area (Å²) in [5.41, 5.74) is 1.06. The molecule has 1 saturated heterocycles. The number of carbonyl (C=O) groups is 1. The zero-order valence-electron chi connectivity index (χ0n) is 15.5. The molecule has 0 aliphatic carbocycles. The maximum atomic E-state index is 12.6. The number of hydrogen-bond acceptors (Lipinski definition) is 5. The van der Waals surface area contributed by atoms with Gasteiger partial charge in [0.15, 0.2) is 11.8 Å². The molecular weight excluding hydrogens is 368 g/mol. The van der Waals surface area contributed by atoms with Crippen LogP contribution in [0.1, 0.15) is 24.2 Å². The molecule has 27 heavy (non-hydrogen) atoms. The summed E-state index contributed by atoms with van der Waals surface area (Å²) < 4.78 is 4.96. The van der Waals surface area contributed by atoms with Crippen LogP contribution in [0.3, 0.4) is 0 Å². The van der Waals surface area contributed by atoms with Crippen molar-refractivity contribution in [3.8, 4) is 0 Å². The molecule has 8 nitrogen and oxygen atoms in total. The Balaban J connectivity index is 1.61. The smallest absolute Gasteiger partial charge is 0.242 e. The number of amides is 1. The summed E-state index contributed by atoms with van der Waals surface area (Å²) in [6, 6.07) is 7.57. The van der Waals surface area contributed by atoms with Crippen LogP contribution >= 0.6 is 11.6 Å². The normalized spacial score (nSPS) is 15.4. The molecule has 1 aliphatic rings. The number of hydrogen-bond donors (Lipinski definition) is 1. The molecule has 1 amide bonds. The second-order valence-electron chi connectivity index (χ2n) is 6.26. The van der Waals surface area contributed by atoms with Gasteiger partial charge < -0.3 is 19.6 Å². The fraction of sp³-hybridized carbons (Fsp3) is 0.444. The third-order valence-corrected chi connectivity index (χ3v) is 4.43. The summed E-state index contributed by atoms with van der Waals surface area (Å²) in [6.45, 7) is 6.95. The molecule has 2 heterocycles. The lowest BCUT2D eigenvalue weighted by atomic mass is 10.2. The summed E-state index contributed by atoms with van der Waals surface area (Å²) >= 11 is 5.92. The van der Waals surface area contributed by atoms with E-state index < -0.39 is 0 Å². The van der Waals surface area contributed by atoms with Crippen molar-refractivity contribution < 1.29 is 9.32 Å². The fourth-order valence-electron chi connectivity index (χ4n) is 2.84. The molecule has 0 radical (unpaired) electrons. The van der Waals surface area contributed by atoms with E-state index in [9.17, 15) is 4.79 Å². The van der Waals surface area contributed by atoms with E-state index in [1.54, 1.807) is 6.92 Å². The summed E-state index contributed by atoms with van der Waals surface area (Å²) in [5.74, 6) is 1.78. The first-order chi connectivity index (χ1) is 13.0. The highest BCUT2D eigenvalue weighted by molar-refractivity contribution is 6.30. The minimum absolute atomic E-state index is 0.0669. The number of piperazine rings is 1. The molecule has 9 heteroatoms. The Hall–Kier alpha value is -2.61. The number of aliphatic imine (C=N–C) groups is 1. The minimum Gasteiger partial charge on any atom is -0.356 e. The van der Waals surface area contributed by atoms with Gasteiger partial charge in [0, 0.05) is 38.1 Å². The SMILES string of the molecule is CCNC(=NCc1noc(C)n1)N1CCN(Cc2ccc(Cl)cc2)C(=O)C1. The van der Waals surface area contributed by atoms with Gasteiger partial charge >= 0.3 is 0 Å².